The number of fused-ring (bicyclic) bond motifs is 1. The molecule has 18 heavy (non-hydrogen) atoms. The van der Waals surface area contributed by atoms with E-state index in [4.69, 9.17) is 14.7 Å². The summed E-state index contributed by atoms with van der Waals surface area (Å²) in [5.41, 5.74) is 0.986. The third-order valence-electron chi connectivity index (χ3n) is 3.04. The zero-order valence-corrected chi connectivity index (χ0v) is 9.37. The molecule has 1 amide bonds. The molecule has 0 bridgehead atoms. The Hall–Kier alpha value is -2.48. The van der Waals surface area contributed by atoms with Crippen LogP contribution < -0.4 is 5.32 Å². The molecule has 1 aromatic carbocycles. The lowest BCUT2D eigenvalue weighted by molar-refractivity contribution is 0.0130. The summed E-state index contributed by atoms with van der Waals surface area (Å²) in [6.07, 6.45) is 0.148. The molecule has 2 aliphatic rings. The molecule has 0 saturated carbocycles. The van der Waals surface area contributed by atoms with Crippen LogP contribution in [0.3, 0.4) is 0 Å². The molecule has 0 aromatic heterocycles. The zero-order chi connectivity index (χ0) is 12.5. The second kappa shape index (κ2) is 4.08. The summed E-state index contributed by atoms with van der Waals surface area (Å²) in [4.78, 5) is 11.3. The summed E-state index contributed by atoms with van der Waals surface area (Å²) in [5, 5.41) is 11.5. The average molecular weight is 242 g/mol. The zero-order valence-electron chi connectivity index (χ0n) is 9.37. The summed E-state index contributed by atoms with van der Waals surface area (Å²) < 4.78 is 10.5. The van der Waals surface area contributed by atoms with E-state index in [1.807, 2.05) is 36.4 Å². The predicted molar refractivity (Wildman–Crippen MR) is 61.2 cm³/mol. The number of nitrogens with zero attached hydrogens (tertiary/aromatic N) is 1. The molecule has 5 nitrogen and oxygen atoms in total. The van der Waals surface area contributed by atoms with Gasteiger partial charge in [0.1, 0.15) is 6.07 Å². The average Bonchev–Trinajstić information content (AvgIpc) is 2.78. The van der Waals surface area contributed by atoms with Gasteiger partial charge in [0.2, 0.25) is 6.23 Å². The van der Waals surface area contributed by atoms with Gasteiger partial charge in [-0.15, -0.1) is 0 Å². The molecule has 3 atom stereocenters. The first-order valence-corrected chi connectivity index (χ1v) is 5.58. The molecule has 90 valence electrons. The lowest BCUT2D eigenvalue weighted by Crippen LogP contribution is -2.39. The standard InChI is InChI=1S/C13H10N2O3/c14-7-9-6-10(8-4-2-1-3-5-8)11-12(17-9)15-13(16)18-11/h1-6,10-12H,(H,15,16)/t10-,11+,12-/m0/s1. The van der Waals surface area contributed by atoms with Crippen molar-refractivity contribution in [3.05, 3.63) is 47.7 Å². The monoisotopic (exact) mass is 242 g/mol. The first-order valence-electron chi connectivity index (χ1n) is 5.58. The molecule has 1 saturated heterocycles. The molecule has 1 fully saturated rings. The number of rotatable bonds is 1. The van der Waals surface area contributed by atoms with Gasteiger partial charge >= 0.3 is 6.09 Å². The molecule has 0 unspecified atom stereocenters. The van der Waals surface area contributed by atoms with Gasteiger partial charge in [-0.2, -0.15) is 5.26 Å². The Morgan fingerprint density at radius 1 is 1.22 bits per heavy atom. The van der Waals surface area contributed by atoms with Crippen LogP contribution in [0.25, 0.3) is 0 Å². The van der Waals surface area contributed by atoms with Crippen molar-refractivity contribution in [1.82, 2.24) is 5.32 Å². The fourth-order valence-corrected chi connectivity index (χ4v) is 2.23. The first-order chi connectivity index (χ1) is 8.78. The molecule has 0 radical (unpaired) electrons. The fraction of sp³-hybridized carbons (Fsp3) is 0.231. The lowest BCUT2D eigenvalue weighted by atomic mass is 9.90. The van der Waals surface area contributed by atoms with E-state index in [-0.39, 0.29) is 11.7 Å². The van der Waals surface area contributed by atoms with Crippen molar-refractivity contribution in [2.45, 2.75) is 18.2 Å². The number of alkyl carbamates (subject to hydrolysis) is 1. The highest BCUT2D eigenvalue weighted by atomic mass is 16.6. The Kier molecular flexibility index (Phi) is 2.41. The van der Waals surface area contributed by atoms with E-state index in [1.54, 1.807) is 6.08 Å². The quantitative estimate of drug-likeness (QED) is 0.812. The number of benzene rings is 1. The normalized spacial score (nSPS) is 29.2. The van der Waals surface area contributed by atoms with Gasteiger partial charge in [0.25, 0.3) is 0 Å². The van der Waals surface area contributed by atoms with Gasteiger partial charge in [0, 0.05) is 5.92 Å². The molecular weight excluding hydrogens is 232 g/mol. The molecule has 2 aliphatic heterocycles. The second-order valence-electron chi connectivity index (χ2n) is 4.13. The first kappa shape index (κ1) is 10.7. The highest BCUT2D eigenvalue weighted by molar-refractivity contribution is 5.70. The van der Waals surface area contributed by atoms with E-state index in [9.17, 15) is 4.79 Å². The highest BCUT2D eigenvalue weighted by Crippen LogP contribution is 2.34. The summed E-state index contributed by atoms with van der Waals surface area (Å²) in [6.45, 7) is 0. The minimum atomic E-state index is -0.595. The highest BCUT2D eigenvalue weighted by Gasteiger charge is 2.44. The third-order valence-corrected chi connectivity index (χ3v) is 3.04. The number of nitriles is 1. The summed E-state index contributed by atoms with van der Waals surface area (Å²) >= 11 is 0. The van der Waals surface area contributed by atoms with Crippen LogP contribution in [0.15, 0.2) is 42.2 Å². The molecular formula is C13H10N2O3. The molecule has 5 heteroatoms. The summed E-state index contributed by atoms with van der Waals surface area (Å²) in [7, 11) is 0. The molecule has 1 N–H and O–H groups in total. The van der Waals surface area contributed by atoms with Crippen molar-refractivity contribution < 1.29 is 14.3 Å². The number of carbonyl (C=O) groups is 1. The number of carbonyl (C=O) groups excluding carboxylic acids is 1. The third kappa shape index (κ3) is 1.68. The van der Waals surface area contributed by atoms with E-state index >= 15 is 0 Å². The van der Waals surface area contributed by atoms with Gasteiger partial charge in [-0.1, -0.05) is 30.3 Å². The van der Waals surface area contributed by atoms with Gasteiger partial charge < -0.3 is 9.47 Å². The fourth-order valence-electron chi connectivity index (χ4n) is 2.23. The minimum Gasteiger partial charge on any atom is -0.457 e. The number of ether oxygens (including phenoxy) is 2. The summed E-state index contributed by atoms with van der Waals surface area (Å²) in [6, 6.07) is 11.6. The Bertz CT molecular complexity index is 547. The van der Waals surface area contributed by atoms with Crippen molar-refractivity contribution in [2.75, 3.05) is 0 Å². The number of nitrogens with one attached hydrogen (secondary N) is 1. The second-order valence-corrected chi connectivity index (χ2v) is 4.13. The Morgan fingerprint density at radius 3 is 2.72 bits per heavy atom. The van der Waals surface area contributed by atoms with Crippen LogP contribution in [-0.2, 0) is 9.47 Å². The molecule has 2 heterocycles. The maximum atomic E-state index is 11.3. The van der Waals surface area contributed by atoms with Crippen molar-refractivity contribution in [1.29, 1.82) is 5.26 Å². The van der Waals surface area contributed by atoms with Gasteiger partial charge in [-0.25, -0.2) is 4.79 Å². The largest absolute Gasteiger partial charge is 0.457 e. The predicted octanol–water partition coefficient (Wildman–Crippen LogP) is 1.64. The van der Waals surface area contributed by atoms with Crippen molar-refractivity contribution in [3.63, 3.8) is 0 Å². The van der Waals surface area contributed by atoms with Crippen molar-refractivity contribution in [3.8, 4) is 6.07 Å². The van der Waals surface area contributed by atoms with Gasteiger partial charge in [-0.05, 0) is 11.6 Å². The van der Waals surface area contributed by atoms with E-state index in [2.05, 4.69) is 5.32 Å². The van der Waals surface area contributed by atoms with Crippen LogP contribution in [0.4, 0.5) is 4.79 Å². The molecule has 0 aliphatic carbocycles. The van der Waals surface area contributed by atoms with Gasteiger partial charge in [-0.3, -0.25) is 5.32 Å². The Balaban J connectivity index is 2.00. The smallest absolute Gasteiger partial charge is 0.410 e. The maximum absolute atomic E-state index is 11.3. The van der Waals surface area contributed by atoms with Crippen LogP contribution in [0.5, 0.6) is 0 Å². The topological polar surface area (TPSA) is 71.3 Å². The van der Waals surface area contributed by atoms with Crippen LogP contribution in [-0.4, -0.2) is 18.4 Å². The molecule has 0 spiro atoms. The van der Waals surface area contributed by atoms with E-state index < -0.39 is 18.4 Å². The van der Waals surface area contributed by atoms with Gasteiger partial charge in [0.05, 0.1) is 0 Å². The minimum absolute atomic E-state index is 0.168. The molecule has 1 aromatic rings. The van der Waals surface area contributed by atoms with E-state index in [0.717, 1.165) is 5.56 Å². The van der Waals surface area contributed by atoms with E-state index in [0.29, 0.717) is 0 Å². The van der Waals surface area contributed by atoms with Crippen molar-refractivity contribution >= 4 is 6.09 Å². The number of allylic oxidation sites excluding steroid dienone is 1. The Morgan fingerprint density at radius 2 is 2.00 bits per heavy atom. The number of hydrogen-bond acceptors (Lipinski definition) is 4. The number of hydrogen-bond donors (Lipinski definition) is 1. The lowest BCUT2D eigenvalue weighted by Gasteiger charge is -2.28. The van der Waals surface area contributed by atoms with Crippen LogP contribution in [0.1, 0.15) is 11.5 Å². The maximum Gasteiger partial charge on any atom is 0.410 e. The van der Waals surface area contributed by atoms with Crippen molar-refractivity contribution in [2.24, 2.45) is 0 Å². The van der Waals surface area contributed by atoms with Crippen LogP contribution in [0.2, 0.25) is 0 Å². The van der Waals surface area contributed by atoms with Gasteiger partial charge in [0.15, 0.2) is 11.9 Å². The summed E-state index contributed by atoms with van der Waals surface area (Å²) in [5.74, 6) is 0.0365. The van der Waals surface area contributed by atoms with Crippen LogP contribution >= 0.6 is 0 Å². The SMILES string of the molecule is N#CC1=C[C@@H](c2ccccc2)[C@H]2OC(=O)N[C@H]2O1. The molecule has 3 rings (SSSR count). The van der Waals surface area contributed by atoms with E-state index in [1.165, 1.54) is 0 Å². The Labute approximate surface area is 104 Å². The number of amides is 1. The van der Waals surface area contributed by atoms with Crippen LogP contribution in [0, 0.1) is 11.3 Å².